The van der Waals surface area contributed by atoms with E-state index in [-0.39, 0.29) is 0 Å². The molecular weight excluding hydrogens is 446 g/mol. The van der Waals surface area contributed by atoms with Gasteiger partial charge in [0.25, 0.3) is 0 Å². The van der Waals surface area contributed by atoms with Crippen LogP contribution in [0.2, 0.25) is 0 Å². The number of hydrogen-bond donors (Lipinski definition) is 0. The molecule has 0 spiro atoms. The van der Waals surface area contributed by atoms with Crippen molar-refractivity contribution < 1.29 is 0 Å². The summed E-state index contributed by atoms with van der Waals surface area (Å²) < 4.78 is 3.19. The SMILES string of the molecule is c1ccc2c(c1)Cc1ccccc1Cc1cccc[c]1[Sb][c]1ccccc1C2. The summed E-state index contributed by atoms with van der Waals surface area (Å²) in [6.07, 6.45) is 3.08. The Bertz CT molecular complexity index is 860. The summed E-state index contributed by atoms with van der Waals surface area (Å²) in [6.45, 7) is 0. The van der Waals surface area contributed by atoms with Crippen molar-refractivity contribution in [1.29, 1.82) is 0 Å². The van der Waals surface area contributed by atoms with E-state index in [1.165, 1.54) is 33.4 Å². The summed E-state index contributed by atoms with van der Waals surface area (Å²) in [5, 5.41) is 0. The summed E-state index contributed by atoms with van der Waals surface area (Å²) in [5.74, 6) is 0. The zero-order chi connectivity index (χ0) is 18.8. The van der Waals surface area contributed by atoms with Crippen LogP contribution >= 0.6 is 0 Å². The summed E-state index contributed by atoms with van der Waals surface area (Å²) in [4.78, 5) is 0. The van der Waals surface area contributed by atoms with Gasteiger partial charge in [0, 0.05) is 0 Å². The Morgan fingerprint density at radius 1 is 0.357 bits per heavy atom. The molecule has 0 nitrogen and oxygen atoms in total. The monoisotopic (exact) mass is 467 g/mol. The van der Waals surface area contributed by atoms with Gasteiger partial charge < -0.3 is 0 Å². The fourth-order valence-electron chi connectivity index (χ4n) is 4.09. The molecule has 5 rings (SSSR count). The van der Waals surface area contributed by atoms with Gasteiger partial charge in [-0.1, -0.05) is 0 Å². The van der Waals surface area contributed by atoms with Crippen LogP contribution in [-0.4, -0.2) is 21.6 Å². The Balaban J connectivity index is 1.70. The zero-order valence-corrected chi connectivity index (χ0v) is 18.4. The Morgan fingerprint density at radius 2 is 0.643 bits per heavy atom. The molecule has 0 aliphatic carbocycles. The maximum atomic E-state index is 2.37. The molecule has 1 aliphatic rings. The number of hydrogen-bond acceptors (Lipinski definition) is 0. The van der Waals surface area contributed by atoms with E-state index in [0.29, 0.717) is 0 Å². The van der Waals surface area contributed by atoms with E-state index >= 15 is 0 Å². The molecule has 28 heavy (non-hydrogen) atoms. The average molecular weight is 468 g/mol. The molecule has 0 saturated carbocycles. The molecule has 0 aromatic heterocycles. The van der Waals surface area contributed by atoms with E-state index in [1.54, 1.807) is 7.02 Å². The molecule has 1 heterocycles. The van der Waals surface area contributed by atoms with Crippen molar-refractivity contribution in [2.45, 2.75) is 19.3 Å². The van der Waals surface area contributed by atoms with Crippen LogP contribution in [0.4, 0.5) is 0 Å². The van der Waals surface area contributed by atoms with Crippen LogP contribution in [0.15, 0.2) is 97.1 Å². The second kappa shape index (κ2) is 7.98. The molecule has 0 N–H and O–H groups in total. The minimum absolute atomic E-state index is 0.638. The standard InChI is InChI=1S/C27H22.Sb/c1-3-11-22(12-4-1)19-24-15-7-9-17-26(24)21-27-18-10-8-16-25(27)20-23-13-5-2-6-14-23;/h1-11,13,15-18H,19-21H2;. The zero-order valence-electron chi connectivity index (χ0n) is 15.8. The molecule has 0 unspecified atom stereocenters. The van der Waals surface area contributed by atoms with Gasteiger partial charge in [0.1, 0.15) is 0 Å². The third-order valence-corrected chi connectivity index (χ3v) is 9.47. The summed E-state index contributed by atoms with van der Waals surface area (Å²) in [5.41, 5.74) is 8.87. The Kier molecular flexibility index (Phi) is 5.06. The van der Waals surface area contributed by atoms with Crippen molar-refractivity contribution in [3.8, 4) is 0 Å². The Hall–Kier alpha value is -2.30. The van der Waals surface area contributed by atoms with E-state index in [0.717, 1.165) is 19.3 Å². The van der Waals surface area contributed by atoms with Crippen LogP contribution in [-0.2, 0) is 19.3 Å². The van der Waals surface area contributed by atoms with Gasteiger partial charge in [-0.05, 0) is 0 Å². The van der Waals surface area contributed by atoms with Crippen molar-refractivity contribution in [3.05, 3.63) is 130 Å². The van der Waals surface area contributed by atoms with Crippen molar-refractivity contribution >= 4 is 28.6 Å². The molecule has 0 bridgehead atoms. The van der Waals surface area contributed by atoms with E-state index in [2.05, 4.69) is 97.1 Å². The molecule has 1 radical (unpaired) electrons. The van der Waals surface area contributed by atoms with Crippen LogP contribution in [0, 0.1) is 0 Å². The Labute approximate surface area is 177 Å². The first-order valence-corrected chi connectivity index (χ1v) is 12.4. The van der Waals surface area contributed by atoms with Gasteiger partial charge in [-0.25, -0.2) is 0 Å². The number of benzene rings is 4. The van der Waals surface area contributed by atoms with E-state index < -0.39 is 21.6 Å². The summed E-state index contributed by atoms with van der Waals surface area (Å²) >= 11 is -0.638. The summed E-state index contributed by atoms with van der Waals surface area (Å²) in [6, 6.07) is 36.2. The predicted molar refractivity (Wildman–Crippen MR) is 119 cm³/mol. The van der Waals surface area contributed by atoms with Crippen LogP contribution in [0.3, 0.4) is 0 Å². The first kappa shape index (κ1) is 17.8. The number of fused-ring (bicyclic) bond motifs is 4. The topological polar surface area (TPSA) is 0 Å². The van der Waals surface area contributed by atoms with Crippen LogP contribution < -0.4 is 7.02 Å². The van der Waals surface area contributed by atoms with Gasteiger partial charge in [0.2, 0.25) is 0 Å². The first-order valence-electron chi connectivity index (χ1n) is 9.88. The predicted octanol–water partition coefficient (Wildman–Crippen LogP) is 4.43. The van der Waals surface area contributed by atoms with Crippen LogP contribution in [0.25, 0.3) is 0 Å². The fraction of sp³-hybridized carbons (Fsp3) is 0.111. The normalized spacial score (nSPS) is 13.1. The molecule has 0 atom stereocenters. The number of rotatable bonds is 0. The van der Waals surface area contributed by atoms with Gasteiger partial charge >= 0.3 is 178 Å². The molecule has 135 valence electrons. The molecule has 4 aromatic rings. The molecule has 4 aromatic carbocycles. The van der Waals surface area contributed by atoms with Crippen molar-refractivity contribution in [3.63, 3.8) is 0 Å². The van der Waals surface area contributed by atoms with Crippen LogP contribution in [0.5, 0.6) is 0 Å². The van der Waals surface area contributed by atoms with Gasteiger partial charge in [-0.2, -0.15) is 0 Å². The van der Waals surface area contributed by atoms with Gasteiger partial charge in [-0.3, -0.25) is 0 Å². The first-order chi connectivity index (χ1) is 13.9. The molecule has 0 amide bonds. The molecular formula is C27H22Sb. The van der Waals surface area contributed by atoms with Gasteiger partial charge in [0.05, 0.1) is 0 Å². The third kappa shape index (κ3) is 3.67. The van der Waals surface area contributed by atoms with E-state index in [1.807, 2.05) is 0 Å². The van der Waals surface area contributed by atoms with Gasteiger partial charge in [-0.15, -0.1) is 0 Å². The molecule has 1 aliphatic heterocycles. The third-order valence-electron chi connectivity index (χ3n) is 5.60. The van der Waals surface area contributed by atoms with E-state index in [9.17, 15) is 0 Å². The maximum absolute atomic E-state index is 2.37. The average Bonchev–Trinajstić information content (AvgIpc) is 2.73. The van der Waals surface area contributed by atoms with Crippen LogP contribution in [0.1, 0.15) is 33.4 Å². The van der Waals surface area contributed by atoms with Gasteiger partial charge in [0.15, 0.2) is 0 Å². The summed E-state index contributed by atoms with van der Waals surface area (Å²) in [7, 11) is 0. The second-order valence-corrected chi connectivity index (χ2v) is 10.8. The quantitative estimate of drug-likeness (QED) is 0.295. The van der Waals surface area contributed by atoms with Crippen molar-refractivity contribution in [2.24, 2.45) is 0 Å². The molecule has 0 saturated heterocycles. The van der Waals surface area contributed by atoms with Crippen molar-refractivity contribution in [1.82, 2.24) is 0 Å². The molecule has 1 heteroatoms. The second-order valence-electron chi connectivity index (χ2n) is 7.44. The van der Waals surface area contributed by atoms with Crippen molar-refractivity contribution in [2.75, 3.05) is 0 Å². The van der Waals surface area contributed by atoms with E-state index in [4.69, 9.17) is 0 Å². The minimum atomic E-state index is -0.638. The Morgan fingerprint density at radius 3 is 1.04 bits per heavy atom. The fourth-order valence-corrected chi connectivity index (χ4v) is 7.44. The molecule has 0 fully saturated rings.